The second-order valence-electron chi connectivity index (χ2n) is 6.37. The molecule has 0 N–H and O–H groups in total. The summed E-state index contributed by atoms with van der Waals surface area (Å²) in [6.07, 6.45) is 1.19. The van der Waals surface area contributed by atoms with Crippen LogP contribution >= 0.6 is 0 Å². The van der Waals surface area contributed by atoms with E-state index in [1.165, 1.54) is 0 Å². The molecule has 6 heteroatoms. The molecule has 26 heavy (non-hydrogen) atoms. The minimum Gasteiger partial charge on any atom is -0.383 e. The van der Waals surface area contributed by atoms with E-state index in [9.17, 15) is 4.79 Å². The second kappa shape index (κ2) is 10.1. The number of hydrogen-bond donors (Lipinski definition) is 0. The molecule has 0 atom stereocenters. The standard InChI is InChI=1S/C20H29N3O3/c1-16-15-17(2)23(21-16)19-8-5-18(6-9-19)7-10-20(24)22(11-13-25-3)12-14-26-4/h5-6,8-9,15H,7,10-14H2,1-4H3. The van der Waals surface area contributed by atoms with Crippen molar-refractivity contribution in [3.05, 3.63) is 47.3 Å². The van der Waals surface area contributed by atoms with Gasteiger partial charge in [0.2, 0.25) is 5.91 Å². The van der Waals surface area contributed by atoms with Crippen molar-refractivity contribution >= 4 is 5.91 Å². The first-order chi connectivity index (χ1) is 12.5. The Hall–Kier alpha value is -2.18. The number of aryl methyl sites for hydroxylation is 3. The summed E-state index contributed by atoms with van der Waals surface area (Å²) < 4.78 is 12.1. The Bertz CT molecular complexity index is 687. The Kier molecular flexibility index (Phi) is 7.81. The van der Waals surface area contributed by atoms with Gasteiger partial charge in [-0.1, -0.05) is 12.1 Å². The average Bonchev–Trinajstić information content (AvgIpc) is 2.98. The fourth-order valence-electron chi connectivity index (χ4n) is 2.87. The summed E-state index contributed by atoms with van der Waals surface area (Å²) in [4.78, 5) is 14.3. The minimum atomic E-state index is 0.127. The highest BCUT2D eigenvalue weighted by Gasteiger charge is 2.13. The van der Waals surface area contributed by atoms with E-state index in [0.29, 0.717) is 39.1 Å². The van der Waals surface area contributed by atoms with Gasteiger partial charge < -0.3 is 14.4 Å². The van der Waals surface area contributed by atoms with Gasteiger partial charge in [0.15, 0.2) is 0 Å². The van der Waals surface area contributed by atoms with Gasteiger partial charge in [-0.05, 0) is 44.0 Å². The van der Waals surface area contributed by atoms with Crippen molar-refractivity contribution in [2.45, 2.75) is 26.7 Å². The molecule has 0 aliphatic rings. The molecule has 1 heterocycles. The van der Waals surface area contributed by atoms with E-state index in [-0.39, 0.29) is 5.91 Å². The topological polar surface area (TPSA) is 56.6 Å². The van der Waals surface area contributed by atoms with Crippen LogP contribution in [0.1, 0.15) is 23.4 Å². The van der Waals surface area contributed by atoms with Gasteiger partial charge >= 0.3 is 0 Å². The highest BCUT2D eigenvalue weighted by atomic mass is 16.5. The van der Waals surface area contributed by atoms with Gasteiger partial charge in [0.25, 0.3) is 0 Å². The van der Waals surface area contributed by atoms with Crippen LogP contribution in [0.5, 0.6) is 0 Å². The average molecular weight is 359 g/mol. The molecule has 0 spiro atoms. The Labute approximate surface area is 155 Å². The maximum Gasteiger partial charge on any atom is 0.223 e. The third-order valence-electron chi connectivity index (χ3n) is 4.30. The molecule has 142 valence electrons. The van der Waals surface area contributed by atoms with E-state index in [2.05, 4.69) is 23.3 Å². The van der Waals surface area contributed by atoms with Crippen LogP contribution in [0.2, 0.25) is 0 Å². The lowest BCUT2D eigenvalue weighted by Gasteiger charge is -2.22. The van der Waals surface area contributed by atoms with Crippen LogP contribution in [0.4, 0.5) is 0 Å². The van der Waals surface area contributed by atoms with Crippen LogP contribution in [0.3, 0.4) is 0 Å². The van der Waals surface area contributed by atoms with Gasteiger partial charge in [0.1, 0.15) is 0 Å². The van der Waals surface area contributed by atoms with Crippen molar-refractivity contribution < 1.29 is 14.3 Å². The number of rotatable bonds is 10. The van der Waals surface area contributed by atoms with Crippen molar-refractivity contribution in [3.63, 3.8) is 0 Å². The van der Waals surface area contributed by atoms with Crippen molar-refractivity contribution in [2.24, 2.45) is 0 Å². The lowest BCUT2D eigenvalue weighted by atomic mass is 10.1. The van der Waals surface area contributed by atoms with Crippen molar-refractivity contribution in [1.82, 2.24) is 14.7 Å². The van der Waals surface area contributed by atoms with Gasteiger partial charge in [-0.15, -0.1) is 0 Å². The summed E-state index contributed by atoms with van der Waals surface area (Å²) in [6.45, 7) is 6.29. The quantitative estimate of drug-likeness (QED) is 0.654. The Morgan fingerprint density at radius 2 is 1.69 bits per heavy atom. The number of amides is 1. The summed E-state index contributed by atoms with van der Waals surface area (Å²) in [5, 5.41) is 4.50. The van der Waals surface area contributed by atoms with E-state index < -0.39 is 0 Å². The predicted molar refractivity (Wildman–Crippen MR) is 102 cm³/mol. The Morgan fingerprint density at radius 3 is 2.19 bits per heavy atom. The monoisotopic (exact) mass is 359 g/mol. The normalized spacial score (nSPS) is 10.9. The lowest BCUT2D eigenvalue weighted by Crippen LogP contribution is -2.36. The second-order valence-corrected chi connectivity index (χ2v) is 6.37. The molecule has 0 saturated carbocycles. The zero-order valence-corrected chi connectivity index (χ0v) is 16.2. The third kappa shape index (κ3) is 5.68. The molecule has 0 aliphatic carbocycles. The number of hydrogen-bond acceptors (Lipinski definition) is 4. The zero-order valence-electron chi connectivity index (χ0n) is 16.2. The van der Waals surface area contributed by atoms with Crippen LogP contribution < -0.4 is 0 Å². The summed E-state index contributed by atoms with van der Waals surface area (Å²) in [5.74, 6) is 0.127. The van der Waals surface area contributed by atoms with E-state index in [1.54, 1.807) is 19.1 Å². The molecule has 2 rings (SSSR count). The number of nitrogens with zero attached hydrogens (tertiary/aromatic N) is 3. The molecule has 1 amide bonds. The summed E-state index contributed by atoms with van der Waals surface area (Å²) in [5.41, 5.74) is 4.29. The van der Waals surface area contributed by atoms with Crippen LogP contribution in [-0.2, 0) is 20.7 Å². The van der Waals surface area contributed by atoms with Crippen molar-refractivity contribution in [1.29, 1.82) is 0 Å². The van der Waals surface area contributed by atoms with Gasteiger partial charge in [0.05, 0.1) is 24.6 Å². The summed E-state index contributed by atoms with van der Waals surface area (Å²) in [6, 6.07) is 10.3. The van der Waals surface area contributed by atoms with Crippen LogP contribution in [0.15, 0.2) is 30.3 Å². The number of benzene rings is 1. The van der Waals surface area contributed by atoms with Gasteiger partial charge in [-0.2, -0.15) is 5.10 Å². The molecular weight excluding hydrogens is 330 g/mol. The number of carbonyl (C=O) groups is 1. The molecule has 0 bridgehead atoms. The molecule has 0 aliphatic heterocycles. The molecule has 1 aromatic heterocycles. The van der Waals surface area contributed by atoms with Crippen LogP contribution in [-0.4, -0.2) is 61.1 Å². The SMILES string of the molecule is COCCN(CCOC)C(=O)CCc1ccc(-n2nc(C)cc2C)cc1. The lowest BCUT2D eigenvalue weighted by molar-refractivity contribution is -0.132. The Balaban J connectivity index is 1.93. The molecule has 0 unspecified atom stereocenters. The maximum absolute atomic E-state index is 12.5. The molecule has 0 saturated heterocycles. The summed E-state index contributed by atoms with van der Waals surface area (Å²) >= 11 is 0. The molecule has 6 nitrogen and oxygen atoms in total. The van der Waals surface area contributed by atoms with E-state index >= 15 is 0 Å². The Morgan fingerprint density at radius 1 is 1.08 bits per heavy atom. The van der Waals surface area contributed by atoms with Crippen molar-refractivity contribution in [2.75, 3.05) is 40.5 Å². The highest BCUT2D eigenvalue weighted by Crippen LogP contribution is 2.14. The zero-order chi connectivity index (χ0) is 18.9. The number of ether oxygens (including phenoxy) is 2. The number of aromatic nitrogens is 2. The van der Waals surface area contributed by atoms with E-state index in [4.69, 9.17) is 9.47 Å². The first-order valence-electron chi connectivity index (χ1n) is 8.93. The maximum atomic E-state index is 12.5. The minimum absolute atomic E-state index is 0.127. The predicted octanol–water partition coefficient (Wildman–Crippen LogP) is 2.54. The number of methoxy groups -OCH3 is 2. The first-order valence-corrected chi connectivity index (χ1v) is 8.93. The highest BCUT2D eigenvalue weighted by molar-refractivity contribution is 5.76. The summed E-state index contributed by atoms with van der Waals surface area (Å²) in [7, 11) is 3.28. The molecule has 1 aromatic carbocycles. The third-order valence-corrected chi connectivity index (χ3v) is 4.30. The van der Waals surface area contributed by atoms with Gasteiger partial charge in [-0.25, -0.2) is 4.68 Å². The fourth-order valence-corrected chi connectivity index (χ4v) is 2.87. The van der Waals surface area contributed by atoms with Crippen LogP contribution in [0.25, 0.3) is 5.69 Å². The van der Waals surface area contributed by atoms with Gasteiger partial charge in [0, 0.05) is 39.4 Å². The molecular formula is C20H29N3O3. The molecule has 2 aromatic rings. The smallest absolute Gasteiger partial charge is 0.223 e. The van der Waals surface area contributed by atoms with Gasteiger partial charge in [-0.3, -0.25) is 4.79 Å². The number of carbonyl (C=O) groups excluding carboxylic acids is 1. The largest absolute Gasteiger partial charge is 0.383 e. The first kappa shape index (κ1) is 20.1. The van der Waals surface area contributed by atoms with E-state index in [1.807, 2.05) is 30.7 Å². The fraction of sp³-hybridized carbons (Fsp3) is 0.500. The van der Waals surface area contributed by atoms with Crippen LogP contribution in [0, 0.1) is 13.8 Å². The molecule has 0 fully saturated rings. The van der Waals surface area contributed by atoms with E-state index in [0.717, 1.165) is 22.6 Å². The van der Waals surface area contributed by atoms with Crippen molar-refractivity contribution in [3.8, 4) is 5.69 Å². The molecule has 0 radical (unpaired) electrons.